The van der Waals surface area contributed by atoms with Crippen molar-refractivity contribution in [3.05, 3.63) is 24.3 Å². The van der Waals surface area contributed by atoms with E-state index in [-0.39, 0.29) is 0 Å². The Morgan fingerprint density at radius 3 is 2.25 bits per heavy atom. The maximum Gasteiger partial charge on any atom is 0.225 e. The van der Waals surface area contributed by atoms with E-state index < -0.39 is 0 Å². The van der Waals surface area contributed by atoms with Gasteiger partial charge in [-0.1, -0.05) is 12.1 Å². The number of nitrogens with zero attached hydrogens (tertiary/aromatic N) is 2. The van der Waals surface area contributed by atoms with Gasteiger partial charge in [-0.2, -0.15) is 4.98 Å². The molecule has 0 bridgehead atoms. The lowest BCUT2D eigenvalue weighted by Gasteiger charge is -2.12. The molecular formula is C18H28N4O2. The van der Waals surface area contributed by atoms with E-state index >= 15 is 0 Å². The standard InChI is InChI=1S/C18H28N4O2/c1-3-23-13-7-11-19-17-15-9-5-6-10-16(15)21-18(22-17)20-12-8-14-24-4-2/h5-6,9-10H,3-4,7-8,11-14H2,1-2H3,(H2,19,20,21,22). The van der Waals surface area contributed by atoms with Crippen LogP contribution in [0.5, 0.6) is 0 Å². The molecule has 0 amide bonds. The molecule has 1 aromatic carbocycles. The zero-order valence-electron chi connectivity index (χ0n) is 14.7. The molecule has 0 aliphatic rings. The predicted molar refractivity (Wildman–Crippen MR) is 98.7 cm³/mol. The van der Waals surface area contributed by atoms with Crippen LogP contribution in [0.2, 0.25) is 0 Å². The summed E-state index contributed by atoms with van der Waals surface area (Å²) in [7, 11) is 0. The van der Waals surface area contributed by atoms with Crippen molar-refractivity contribution in [1.29, 1.82) is 0 Å². The number of nitrogens with one attached hydrogen (secondary N) is 2. The maximum atomic E-state index is 5.37. The Bertz CT molecular complexity index is 607. The van der Waals surface area contributed by atoms with Crippen LogP contribution >= 0.6 is 0 Å². The molecule has 6 heteroatoms. The molecule has 6 nitrogen and oxygen atoms in total. The predicted octanol–water partition coefficient (Wildman–Crippen LogP) is 3.31. The molecule has 0 aliphatic heterocycles. The van der Waals surface area contributed by atoms with Gasteiger partial charge in [-0.3, -0.25) is 0 Å². The number of benzene rings is 1. The quantitative estimate of drug-likeness (QED) is 0.581. The number of anilines is 2. The van der Waals surface area contributed by atoms with Crippen molar-refractivity contribution in [3.63, 3.8) is 0 Å². The van der Waals surface area contributed by atoms with E-state index in [9.17, 15) is 0 Å². The minimum atomic E-state index is 0.650. The highest BCUT2D eigenvalue weighted by molar-refractivity contribution is 5.89. The number of aromatic nitrogens is 2. The van der Waals surface area contributed by atoms with Crippen LogP contribution in [0.4, 0.5) is 11.8 Å². The molecule has 0 radical (unpaired) electrons. The van der Waals surface area contributed by atoms with Crippen molar-refractivity contribution in [2.75, 3.05) is 50.2 Å². The zero-order chi connectivity index (χ0) is 17.0. The van der Waals surface area contributed by atoms with E-state index in [1.54, 1.807) is 0 Å². The third kappa shape index (κ3) is 5.94. The fourth-order valence-electron chi connectivity index (χ4n) is 2.33. The molecule has 0 atom stereocenters. The lowest BCUT2D eigenvalue weighted by molar-refractivity contribution is 0.147. The van der Waals surface area contributed by atoms with Crippen LogP contribution in [-0.2, 0) is 9.47 Å². The van der Waals surface area contributed by atoms with Crippen molar-refractivity contribution >= 4 is 22.7 Å². The maximum absolute atomic E-state index is 5.37. The Kier molecular flexibility index (Phi) is 8.27. The van der Waals surface area contributed by atoms with Crippen LogP contribution in [0.3, 0.4) is 0 Å². The van der Waals surface area contributed by atoms with Crippen LogP contribution in [0.25, 0.3) is 10.9 Å². The summed E-state index contributed by atoms with van der Waals surface area (Å²) in [6, 6.07) is 8.05. The van der Waals surface area contributed by atoms with Gasteiger partial charge in [0.25, 0.3) is 0 Å². The largest absolute Gasteiger partial charge is 0.382 e. The number of ether oxygens (including phenoxy) is 2. The van der Waals surface area contributed by atoms with Gasteiger partial charge in [0, 0.05) is 44.9 Å². The van der Waals surface area contributed by atoms with E-state index in [1.165, 1.54) is 0 Å². The highest BCUT2D eigenvalue weighted by Crippen LogP contribution is 2.21. The third-order valence-electron chi connectivity index (χ3n) is 3.52. The Balaban J connectivity index is 1.98. The summed E-state index contributed by atoms with van der Waals surface area (Å²) in [6.45, 7) is 8.65. The monoisotopic (exact) mass is 332 g/mol. The summed E-state index contributed by atoms with van der Waals surface area (Å²) < 4.78 is 10.7. The number of fused-ring (bicyclic) bond motifs is 1. The first-order chi connectivity index (χ1) is 11.8. The number of hydrogen-bond acceptors (Lipinski definition) is 6. The summed E-state index contributed by atoms with van der Waals surface area (Å²) in [5, 5.41) is 7.72. The Morgan fingerprint density at radius 1 is 0.875 bits per heavy atom. The molecule has 0 aliphatic carbocycles. The smallest absolute Gasteiger partial charge is 0.225 e. The molecule has 2 aromatic rings. The Hall–Kier alpha value is -1.92. The Labute approximate surface area is 144 Å². The lowest BCUT2D eigenvalue weighted by atomic mass is 10.2. The highest BCUT2D eigenvalue weighted by Gasteiger charge is 2.06. The summed E-state index contributed by atoms with van der Waals surface area (Å²) in [6.07, 6.45) is 1.88. The summed E-state index contributed by atoms with van der Waals surface area (Å²) >= 11 is 0. The number of hydrogen-bond donors (Lipinski definition) is 2. The molecule has 132 valence electrons. The van der Waals surface area contributed by atoms with E-state index in [4.69, 9.17) is 9.47 Å². The van der Waals surface area contributed by atoms with Crippen molar-refractivity contribution in [3.8, 4) is 0 Å². The SMILES string of the molecule is CCOCCCNc1nc(NCCCOCC)c2ccccc2n1. The normalized spacial score (nSPS) is 10.9. The second kappa shape index (κ2) is 10.8. The average molecular weight is 332 g/mol. The first-order valence-corrected chi connectivity index (χ1v) is 8.75. The second-order valence-corrected chi connectivity index (χ2v) is 5.37. The van der Waals surface area contributed by atoms with Gasteiger partial charge in [0.15, 0.2) is 0 Å². The van der Waals surface area contributed by atoms with E-state index in [0.717, 1.165) is 69.1 Å². The summed E-state index contributed by atoms with van der Waals surface area (Å²) in [5.41, 5.74) is 0.937. The average Bonchev–Trinajstić information content (AvgIpc) is 2.61. The van der Waals surface area contributed by atoms with Crippen LogP contribution in [-0.4, -0.2) is 49.5 Å². The van der Waals surface area contributed by atoms with Gasteiger partial charge in [0.05, 0.1) is 5.52 Å². The third-order valence-corrected chi connectivity index (χ3v) is 3.52. The summed E-state index contributed by atoms with van der Waals surface area (Å²) in [4.78, 5) is 9.21. The molecule has 0 saturated heterocycles. The van der Waals surface area contributed by atoms with Gasteiger partial charge in [-0.25, -0.2) is 4.98 Å². The van der Waals surface area contributed by atoms with Gasteiger partial charge in [-0.05, 0) is 38.8 Å². The minimum absolute atomic E-state index is 0.650. The van der Waals surface area contributed by atoms with Crippen molar-refractivity contribution in [1.82, 2.24) is 9.97 Å². The number of para-hydroxylation sites is 1. The van der Waals surface area contributed by atoms with Crippen LogP contribution in [0.1, 0.15) is 26.7 Å². The van der Waals surface area contributed by atoms with Crippen molar-refractivity contribution in [2.24, 2.45) is 0 Å². The van der Waals surface area contributed by atoms with Crippen molar-refractivity contribution < 1.29 is 9.47 Å². The fourth-order valence-corrected chi connectivity index (χ4v) is 2.33. The van der Waals surface area contributed by atoms with Gasteiger partial charge < -0.3 is 20.1 Å². The number of rotatable bonds is 12. The Morgan fingerprint density at radius 2 is 1.54 bits per heavy atom. The molecule has 2 N–H and O–H groups in total. The first kappa shape index (κ1) is 18.4. The lowest BCUT2D eigenvalue weighted by Crippen LogP contribution is -2.11. The molecule has 0 spiro atoms. The molecule has 1 aromatic heterocycles. The first-order valence-electron chi connectivity index (χ1n) is 8.75. The molecule has 0 unspecified atom stereocenters. The fraction of sp³-hybridized carbons (Fsp3) is 0.556. The topological polar surface area (TPSA) is 68.3 Å². The van der Waals surface area contributed by atoms with Crippen LogP contribution < -0.4 is 10.6 Å². The summed E-state index contributed by atoms with van der Waals surface area (Å²) in [5.74, 6) is 1.52. The van der Waals surface area contributed by atoms with E-state index in [2.05, 4.69) is 20.6 Å². The van der Waals surface area contributed by atoms with Gasteiger partial charge >= 0.3 is 0 Å². The molecule has 0 saturated carbocycles. The highest BCUT2D eigenvalue weighted by atomic mass is 16.5. The van der Waals surface area contributed by atoms with E-state index in [1.807, 2.05) is 38.1 Å². The van der Waals surface area contributed by atoms with Crippen LogP contribution in [0, 0.1) is 0 Å². The minimum Gasteiger partial charge on any atom is -0.382 e. The molecule has 1 heterocycles. The van der Waals surface area contributed by atoms with Gasteiger partial charge in [0.1, 0.15) is 5.82 Å². The molecule has 2 rings (SSSR count). The molecule has 0 fully saturated rings. The second-order valence-electron chi connectivity index (χ2n) is 5.37. The van der Waals surface area contributed by atoms with Crippen molar-refractivity contribution in [2.45, 2.75) is 26.7 Å². The van der Waals surface area contributed by atoms with Crippen LogP contribution in [0.15, 0.2) is 24.3 Å². The van der Waals surface area contributed by atoms with Gasteiger partial charge in [-0.15, -0.1) is 0 Å². The molecule has 24 heavy (non-hydrogen) atoms. The van der Waals surface area contributed by atoms with Gasteiger partial charge in [0.2, 0.25) is 5.95 Å². The zero-order valence-corrected chi connectivity index (χ0v) is 14.7. The van der Waals surface area contributed by atoms with E-state index in [0.29, 0.717) is 5.95 Å². The molecular weight excluding hydrogens is 304 g/mol.